The molecule has 1 heterocycles. The lowest BCUT2D eigenvalue weighted by molar-refractivity contribution is 0.414. The van der Waals surface area contributed by atoms with Crippen molar-refractivity contribution in [1.29, 1.82) is 0 Å². The maximum absolute atomic E-state index is 12.7. The third-order valence-corrected chi connectivity index (χ3v) is 4.50. The lowest BCUT2D eigenvalue weighted by atomic mass is 9.99. The summed E-state index contributed by atoms with van der Waals surface area (Å²) in [5.41, 5.74) is 0.699. The summed E-state index contributed by atoms with van der Waals surface area (Å²) in [4.78, 5) is 12.7. The second-order valence-corrected chi connectivity index (χ2v) is 6.21. The average Bonchev–Trinajstić information content (AvgIpc) is 2.68. The van der Waals surface area contributed by atoms with Crippen LogP contribution in [0, 0.1) is 0 Å². The first-order valence-corrected chi connectivity index (χ1v) is 8.45. The molecule has 3 aromatic carbocycles. The van der Waals surface area contributed by atoms with Crippen molar-refractivity contribution in [2.24, 2.45) is 0 Å². The molecule has 6 nitrogen and oxygen atoms in total. The maximum atomic E-state index is 12.7. The first-order chi connectivity index (χ1) is 13.5. The second-order valence-electron chi connectivity index (χ2n) is 6.21. The topological polar surface area (TPSA) is 100 Å². The number of benzene rings is 3. The molecule has 0 amide bonds. The molecule has 0 aliphatic carbocycles. The first-order valence-electron chi connectivity index (χ1n) is 8.45. The molecule has 0 saturated carbocycles. The van der Waals surface area contributed by atoms with Gasteiger partial charge in [-0.3, -0.25) is 4.79 Å². The number of para-hydroxylation sites is 1. The third-order valence-electron chi connectivity index (χ3n) is 4.50. The Balaban J connectivity index is 1.98. The van der Waals surface area contributed by atoms with E-state index in [1.165, 1.54) is 31.4 Å². The molecule has 0 saturated heterocycles. The Labute approximate surface area is 159 Å². The number of phenols is 3. The van der Waals surface area contributed by atoms with Crippen LogP contribution in [0.15, 0.2) is 69.9 Å². The molecule has 0 aliphatic rings. The van der Waals surface area contributed by atoms with Gasteiger partial charge in [0.25, 0.3) is 0 Å². The number of fused-ring (bicyclic) bond motifs is 1. The van der Waals surface area contributed by atoms with Gasteiger partial charge in [0.1, 0.15) is 39.7 Å². The van der Waals surface area contributed by atoms with Crippen molar-refractivity contribution in [2.75, 3.05) is 7.11 Å². The highest BCUT2D eigenvalue weighted by Crippen LogP contribution is 2.45. The van der Waals surface area contributed by atoms with E-state index in [9.17, 15) is 20.1 Å². The van der Waals surface area contributed by atoms with E-state index in [2.05, 4.69) is 0 Å². The van der Waals surface area contributed by atoms with E-state index in [-0.39, 0.29) is 39.5 Å². The van der Waals surface area contributed by atoms with E-state index in [1.807, 2.05) is 0 Å². The zero-order chi connectivity index (χ0) is 19.8. The minimum atomic E-state index is -0.460. The lowest BCUT2D eigenvalue weighted by Crippen LogP contribution is -2.02. The summed E-state index contributed by atoms with van der Waals surface area (Å²) < 4.78 is 11.0. The summed E-state index contributed by atoms with van der Waals surface area (Å²) in [6, 6.07) is 15.6. The van der Waals surface area contributed by atoms with Gasteiger partial charge in [0.05, 0.1) is 12.7 Å². The van der Waals surface area contributed by atoms with Crippen LogP contribution in [0.4, 0.5) is 0 Å². The van der Waals surface area contributed by atoms with Crippen molar-refractivity contribution >= 4 is 11.0 Å². The van der Waals surface area contributed by atoms with E-state index < -0.39 is 5.43 Å². The van der Waals surface area contributed by atoms with Gasteiger partial charge in [-0.15, -0.1) is 0 Å². The molecule has 140 valence electrons. The first kappa shape index (κ1) is 17.5. The van der Waals surface area contributed by atoms with Gasteiger partial charge in [0.15, 0.2) is 5.43 Å². The van der Waals surface area contributed by atoms with E-state index in [4.69, 9.17) is 9.15 Å². The van der Waals surface area contributed by atoms with Crippen LogP contribution in [0.25, 0.3) is 33.4 Å². The molecule has 4 aromatic rings. The number of hydrogen-bond donors (Lipinski definition) is 3. The fourth-order valence-electron chi connectivity index (χ4n) is 3.17. The Hall–Kier alpha value is -3.93. The SMILES string of the molecule is COc1ccccc1-c1c(O)cc2oc(-c3ccc(O)cc3)cc(=O)c2c1O. The quantitative estimate of drug-likeness (QED) is 0.494. The van der Waals surface area contributed by atoms with E-state index in [1.54, 1.807) is 36.4 Å². The Morgan fingerprint density at radius 2 is 1.64 bits per heavy atom. The predicted molar refractivity (Wildman–Crippen MR) is 105 cm³/mol. The van der Waals surface area contributed by atoms with Crippen molar-refractivity contribution in [2.45, 2.75) is 0 Å². The highest BCUT2D eigenvalue weighted by Gasteiger charge is 2.21. The molecular formula is C22H16O6. The second kappa shape index (κ2) is 6.66. The standard InChI is InChI=1S/C22H16O6/c1-27-17-5-3-2-4-14(17)20-15(24)11-19-21(22(20)26)16(25)10-18(28-19)12-6-8-13(23)9-7-12/h2-11,23-24,26H,1H3. The van der Waals surface area contributed by atoms with Crippen LogP contribution in [0.2, 0.25) is 0 Å². The summed E-state index contributed by atoms with van der Waals surface area (Å²) in [6.45, 7) is 0. The van der Waals surface area contributed by atoms with Crippen molar-refractivity contribution in [3.05, 3.63) is 70.9 Å². The van der Waals surface area contributed by atoms with Crippen molar-refractivity contribution < 1.29 is 24.5 Å². The third kappa shape index (κ3) is 2.81. The molecule has 0 atom stereocenters. The number of hydrogen-bond acceptors (Lipinski definition) is 6. The highest BCUT2D eigenvalue weighted by molar-refractivity contribution is 5.96. The molecule has 4 rings (SSSR count). The molecule has 6 heteroatoms. The van der Waals surface area contributed by atoms with Gasteiger partial charge in [-0.05, 0) is 30.3 Å². The fraction of sp³-hybridized carbons (Fsp3) is 0.0455. The zero-order valence-electron chi connectivity index (χ0n) is 14.8. The van der Waals surface area contributed by atoms with E-state index in [0.717, 1.165) is 0 Å². The molecular weight excluding hydrogens is 360 g/mol. The molecule has 0 radical (unpaired) electrons. The van der Waals surface area contributed by atoms with Crippen molar-refractivity contribution in [3.8, 4) is 45.4 Å². The highest BCUT2D eigenvalue weighted by atomic mass is 16.5. The molecule has 0 fully saturated rings. The van der Waals surface area contributed by atoms with Gasteiger partial charge in [-0.1, -0.05) is 18.2 Å². The number of phenolic OH excluding ortho intramolecular Hbond substituents is 3. The molecule has 0 aliphatic heterocycles. The van der Waals surface area contributed by atoms with Gasteiger partial charge in [0, 0.05) is 23.3 Å². The number of rotatable bonds is 3. The van der Waals surface area contributed by atoms with Gasteiger partial charge < -0.3 is 24.5 Å². The number of aromatic hydroxyl groups is 3. The van der Waals surface area contributed by atoms with E-state index >= 15 is 0 Å². The van der Waals surface area contributed by atoms with Gasteiger partial charge in [-0.2, -0.15) is 0 Å². The largest absolute Gasteiger partial charge is 0.508 e. The maximum Gasteiger partial charge on any atom is 0.197 e. The summed E-state index contributed by atoms with van der Waals surface area (Å²) in [7, 11) is 1.48. The summed E-state index contributed by atoms with van der Waals surface area (Å²) in [5, 5.41) is 30.7. The summed E-state index contributed by atoms with van der Waals surface area (Å²) in [6.07, 6.45) is 0. The Kier molecular flexibility index (Phi) is 4.16. The Morgan fingerprint density at radius 1 is 0.929 bits per heavy atom. The van der Waals surface area contributed by atoms with Gasteiger partial charge >= 0.3 is 0 Å². The van der Waals surface area contributed by atoms with Crippen LogP contribution >= 0.6 is 0 Å². The van der Waals surface area contributed by atoms with Crippen LogP contribution in [-0.4, -0.2) is 22.4 Å². The summed E-state index contributed by atoms with van der Waals surface area (Å²) >= 11 is 0. The van der Waals surface area contributed by atoms with Crippen LogP contribution in [0.5, 0.6) is 23.0 Å². The summed E-state index contributed by atoms with van der Waals surface area (Å²) in [5.74, 6) is 0.147. The Morgan fingerprint density at radius 3 is 2.36 bits per heavy atom. The van der Waals surface area contributed by atoms with Crippen LogP contribution < -0.4 is 10.2 Å². The predicted octanol–water partition coefficient (Wildman–Crippen LogP) is 4.25. The number of ether oxygens (including phenoxy) is 1. The van der Waals surface area contributed by atoms with Crippen LogP contribution in [0.3, 0.4) is 0 Å². The lowest BCUT2D eigenvalue weighted by Gasteiger charge is -2.13. The minimum absolute atomic E-state index is 0.0405. The van der Waals surface area contributed by atoms with Crippen LogP contribution in [-0.2, 0) is 0 Å². The monoisotopic (exact) mass is 376 g/mol. The van der Waals surface area contributed by atoms with Crippen molar-refractivity contribution in [1.82, 2.24) is 0 Å². The van der Waals surface area contributed by atoms with Crippen LogP contribution in [0.1, 0.15) is 0 Å². The minimum Gasteiger partial charge on any atom is -0.508 e. The average molecular weight is 376 g/mol. The van der Waals surface area contributed by atoms with Gasteiger partial charge in [0.2, 0.25) is 0 Å². The molecule has 28 heavy (non-hydrogen) atoms. The number of methoxy groups -OCH3 is 1. The Bertz CT molecular complexity index is 1240. The van der Waals surface area contributed by atoms with Gasteiger partial charge in [-0.25, -0.2) is 0 Å². The van der Waals surface area contributed by atoms with E-state index in [0.29, 0.717) is 16.9 Å². The molecule has 0 spiro atoms. The zero-order valence-corrected chi connectivity index (χ0v) is 14.8. The molecule has 0 bridgehead atoms. The molecule has 0 unspecified atom stereocenters. The molecule has 3 N–H and O–H groups in total. The smallest absolute Gasteiger partial charge is 0.197 e. The molecule has 1 aromatic heterocycles. The normalized spacial score (nSPS) is 10.9. The van der Waals surface area contributed by atoms with Crippen molar-refractivity contribution in [3.63, 3.8) is 0 Å². The fourth-order valence-corrected chi connectivity index (χ4v) is 3.17.